The third-order valence-electron chi connectivity index (χ3n) is 3.92. The van der Waals surface area contributed by atoms with Crippen LogP contribution in [0.1, 0.15) is 23.2 Å². The van der Waals surface area contributed by atoms with E-state index in [4.69, 9.17) is 4.74 Å². The van der Waals surface area contributed by atoms with Gasteiger partial charge in [-0.3, -0.25) is 9.59 Å². The van der Waals surface area contributed by atoms with Gasteiger partial charge >= 0.3 is 0 Å². The quantitative estimate of drug-likeness (QED) is 0.665. The van der Waals surface area contributed by atoms with Gasteiger partial charge in [-0.1, -0.05) is 0 Å². The highest BCUT2D eigenvalue weighted by atomic mass is 16.5. The van der Waals surface area contributed by atoms with Crippen LogP contribution in [-0.4, -0.2) is 47.5 Å². The number of amides is 1. The van der Waals surface area contributed by atoms with Gasteiger partial charge in [0.15, 0.2) is 0 Å². The topological polar surface area (TPSA) is 66.8 Å². The molecule has 1 N–H and O–H groups in total. The average molecular weight is 275 g/mol. The van der Waals surface area contributed by atoms with Gasteiger partial charge in [0, 0.05) is 12.1 Å². The van der Waals surface area contributed by atoms with Gasteiger partial charge in [0.2, 0.25) is 5.78 Å². The van der Waals surface area contributed by atoms with Crippen molar-refractivity contribution in [3.63, 3.8) is 0 Å². The Morgan fingerprint density at radius 1 is 1.20 bits per heavy atom. The zero-order valence-electron chi connectivity index (χ0n) is 11.1. The van der Waals surface area contributed by atoms with E-state index in [0.717, 1.165) is 12.8 Å². The lowest BCUT2D eigenvalue weighted by Gasteiger charge is -2.35. The summed E-state index contributed by atoms with van der Waals surface area (Å²) in [6, 6.07) is 5.82. The molecule has 2 aliphatic rings. The minimum absolute atomic E-state index is 0.0392. The molecular weight excluding hydrogens is 258 g/mol. The highest BCUT2D eigenvalue weighted by Crippen LogP contribution is 2.36. The highest BCUT2D eigenvalue weighted by molar-refractivity contribution is 6.42. The Bertz CT molecular complexity index is 521. The van der Waals surface area contributed by atoms with Gasteiger partial charge in [-0.05, 0) is 43.0 Å². The maximum absolute atomic E-state index is 12.4. The average Bonchev–Trinajstić information content (AvgIpc) is 3.31. The Hall–Kier alpha value is -1.88. The molecule has 1 amide bonds. The van der Waals surface area contributed by atoms with Crippen molar-refractivity contribution in [1.82, 2.24) is 4.90 Å². The molecule has 3 rings (SSSR count). The number of morpholine rings is 1. The standard InChI is InChI=1S/C15H17NO4/c17-12-5-3-11(4-6-12)14(18)15(19)16-7-8-20-9-13(16)10-1-2-10/h3-6,10,13,17H,1-2,7-9H2. The van der Waals surface area contributed by atoms with Crippen LogP contribution in [0, 0.1) is 5.92 Å². The smallest absolute Gasteiger partial charge is 0.295 e. The van der Waals surface area contributed by atoms with Crippen molar-refractivity contribution in [3.8, 4) is 5.75 Å². The minimum atomic E-state index is -0.516. The van der Waals surface area contributed by atoms with Gasteiger partial charge in [-0.25, -0.2) is 0 Å². The van der Waals surface area contributed by atoms with Crippen LogP contribution >= 0.6 is 0 Å². The number of carbonyl (C=O) groups is 2. The normalized spacial score (nSPS) is 22.6. The summed E-state index contributed by atoms with van der Waals surface area (Å²) in [5.74, 6) is -0.420. The molecule has 1 aliphatic heterocycles. The Morgan fingerprint density at radius 3 is 2.55 bits per heavy atom. The highest BCUT2D eigenvalue weighted by Gasteiger charge is 2.40. The third-order valence-corrected chi connectivity index (χ3v) is 3.92. The molecule has 1 aromatic rings. The predicted octanol–water partition coefficient (Wildman–Crippen LogP) is 1.21. The van der Waals surface area contributed by atoms with Gasteiger partial charge in [0.25, 0.3) is 5.91 Å². The van der Waals surface area contributed by atoms with Crippen molar-refractivity contribution in [3.05, 3.63) is 29.8 Å². The van der Waals surface area contributed by atoms with Gasteiger partial charge in [0.05, 0.1) is 19.3 Å². The Kier molecular flexibility index (Phi) is 3.44. The van der Waals surface area contributed by atoms with Crippen molar-refractivity contribution in [2.24, 2.45) is 5.92 Å². The lowest BCUT2D eigenvalue weighted by molar-refractivity contribution is -0.135. The van der Waals surface area contributed by atoms with Crippen LogP contribution in [0.2, 0.25) is 0 Å². The minimum Gasteiger partial charge on any atom is -0.508 e. The molecular formula is C15H17NO4. The van der Waals surface area contributed by atoms with Crippen LogP contribution in [0.5, 0.6) is 5.75 Å². The van der Waals surface area contributed by atoms with E-state index in [9.17, 15) is 14.7 Å². The number of hydrogen-bond acceptors (Lipinski definition) is 4. The monoisotopic (exact) mass is 275 g/mol. The van der Waals surface area contributed by atoms with E-state index in [2.05, 4.69) is 0 Å². The van der Waals surface area contributed by atoms with E-state index in [1.165, 1.54) is 24.3 Å². The van der Waals surface area contributed by atoms with Crippen molar-refractivity contribution in [2.75, 3.05) is 19.8 Å². The molecule has 0 aromatic heterocycles. The maximum atomic E-state index is 12.4. The van der Waals surface area contributed by atoms with Gasteiger partial charge in [0.1, 0.15) is 5.75 Å². The Labute approximate surface area is 117 Å². The first-order valence-electron chi connectivity index (χ1n) is 6.89. The molecule has 1 atom stereocenters. The van der Waals surface area contributed by atoms with Crippen molar-refractivity contribution >= 4 is 11.7 Å². The molecule has 20 heavy (non-hydrogen) atoms. The molecule has 1 heterocycles. The lowest BCUT2D eigenvalue weighted by atomic mass is 10.1. The Balaban J connectivity index is 1.76. The summed E-state index contributed by atoms with van der Waals surface area (Å²) in [6.07, 6.45) is 2.20. The van der Waals surface area contributed by atoms with E-state index in [0.29, 0.717) is 31.2 Å². The summed E-state index contributed by atoms with van der Waals surface area (Å²) in [5.41, 5.74) is 0.314. The first kappa shape index (κ1) is 13.1. The second-order valence-electron chi connectivity index (χ2n) is 5.35. The van der Waals surface area contributed by atoms with Gasteiger partial charge < -0.3 is 14.7 Å². The molecule has 2 fully saturated rings. The van der Waals surface area contributed by atoms with Crippen molar-refractivity contribution in [2.45, 2.75) is 18.9 Å². The Morgan fingerprint density at radius 2 is 1.90 bits per heavy atom. The summed E-state index contributed by atoms with van der Waals surface area (Å²) >= 11 is 0. The first-order chi connectivity index (χ1) is 9.66. The molecule has 1 saturated heterocycles. The van der Waals surface area contributed by atoms with Crippen LogP contribution in [0.3, 0.4) is 0 Å². The SMILES string of the molecule is O=C(C(=O)N1CCOCC1C1CC1)c1ccc(O)cc1. The van der Waals surface area contributed by atoms with Crippen LogP contribution in [-0.2, 0) is 9.53 Å². The molecule has 0 spiro atoms. The first-order valence-corrected chi connectivity index (χ1v) is 6.89. The second-order valence-corrected chi connectivity index (χ2v) is 5.35. The van der Waals surface area contributed by atoms with E-state index in [1.807, 2.05) is 0 Å². The predicted molar refractivity (Wildman–Crippen MR) is 71.5 cm³/mol. The van der Waals surface area contributed by atoms with Gasteiger partial charge in [-0.2, -0.15) is 0 Å². The number of carbonyl (C=O) groups excluding carboxylic acids is 2. The van der Waals surface area contributed by atoms with Crippen molar-refractivity contribution < 1.29 is 19.4 Å². The number of nitrogens with zero attached hydrogens (tertiary/aromatic N) is 1. The number of rotatable bonds is 3. The zero-order chi connectivity index (χ0) is 14.1. The number of ether oxygens (including phenoxy) is 1. The van der Waals surface area contributed by atoms with E-state index < -0.39 is 11.7 Å². The summed E-state index contributed by atoms with van der Waals surface area (Å²) in [7, 11) is 0. The number of Topliss-reactive ketones (excluding diaryl/α,β-unsaturated/α-hetero) is 1. The molecule has 0 radical (unpaired) electrons. The fourth-order valence-electron chi connectivity index (χ4n) is 2.61. The zero-order valence-corrected chi connectivity index (χ0v) is 11.1. The van der Waals surface area contributed by atoms with Crippen LogP contribution in [0.25, 0.3) is 0 Å². The molecule has 5 nitrogen and oxygen atoms in total. The summed E-state index contributed by atoms with van der Waals surface area (Å²) in [5, 5.41) is 9.23. The third kappa shape index (κ3) is 2.54. The van der Waals surface area contributed by atoms with Gasteiger partial charge in [-0.15, -0.1) is 0 Å². The molecule has 1 aromatic carbocycles. The number of aromatic hydroxyl groups is 1. The second kappa shape index (κ2) is 5.25. The van der Waals surface area contributed by atoms with Crippen molar-refractivity contribution in [1.29, 1.82) is 0 Å². The number of phenolic OH excluding ortho intramolecular Hbond substituents is 1. The molecule has 0 bridgehead atoms. The van der Waals surface area contributed by atoms with Crippen LogP contribution < -0.4 is 0 Å². The maximum Gasteiger partial charge on any atom is 0.295 e. The molecule has 1 saturated carbocycles. The molecule has 106 valence electrons. The summed E-state index contributed by atoms with van der Waals surface area (Å²) in [6.45, 7) is 1.49. The fraction of sp³-hybridized carbons (Fsp3) is 0.467. The van der Waals surface area contributed by atoms with E-state index >= 15 is 0 Å². The van der Waals surface area contributed by atoms with E-state index in [-0.39, 0.29) is 11.8 Å². The molecule has 5 heteroatoms. The molecule has 1 unspecified atom stereocenters. The summed E-state index contributed by atoms with van der Waals surface area (Å²) in [4.78, 5) is 26.3. The number of benzene rings is 1. The number of ketones is 1. The van der Waals surface area contributed by atoms with E-state index in [1.54, 1.807) is 4.90 Å². The number of phenols is 1. The fourth-order valence-corrected chi connectivity index (χ4v) is 2.61. The van der Waals surface area contributed by atoms with Crippen LogP contribution in [0.15, 0.2) is 24.3 Å². The lowest BCUT2D eigenvalue weighted by Crippen LogP contribution is -2.52. The number of hydrogen-bond donors (Lipinski definition) is 1. The summed E-state index contributed by atoms with van der Waals surface area (Å²) < 4.78 is 5.43. The molecule has 1 aliphatic carbocycles. The largest absolute Gasteiger partial charge is 0.508 e. The van der Waals surface area contributed by atoms with Crippen LogP contribution in [0.4, 0.5) is 0 Å².